The maximum atomic E-state index is 13.5. The molecule has 1 fully saturated rings. The minimum Gasteiger partial charge on any atom is -0.460 e. The second-order valence-corrected chi connectivity index (χ2v) is 7.06. The predicted molar refractivity (Wildman–Crippen MR) is 85.6 cm³/mol. The highest BCUT2D eigenvalue weighted by Gasteiger charge is 2.44. The molecule has 1 aliphatic heterocycles. The van der Waals surface area contributed by atoms with Gasteiger partial charge in [0.15, 0.2) is 0 Å². The molecule has 0 N–H and O–H groups in total. The number of hydrogen-bond donors (Lipinski definition) is 0. The van der Waals surface area contributed by atoms with E-state index in [1.165, 1.54) is 12.1 Å². The lowest BCUT2D eigenvalue weighted by molar-refractivity contribution is -0.156. The highest BCUT2D eigenvalue weighted by molar-refractivity contribution is 6.35. The molecule has 6 heteroatoms. The van der Waals surface area contributed by atoms with Crippen LogP contribution in [0.3, 0.4) is 0 Å². The van der Waals surface area contributed by atoms with E-state index in [2.05, 4.69) is 0 Å². The first-order valence-corrected chi connectivity index (χ1v) is 8.07. The van der Waals surface area contributed by atoms with E-state index in [9.17, 15) is 18.4 Å². The summed E-state index contributed by atoms with van der Waals surface area (Å²) < 4.78 is 31.8. The Labute approximate surface area is 140 Å². The van der Waals surface area contributed by atoms with Gasteiger partial charge in [0.25, 0.3) is 5.78 Å². The van der Waals surface area contributed by atoms with E-state index >= 15 is 0 Å². The van der Waals surface area contributed by atoms with Crippen LogP contribution in [-0.4, -0.2) is 41.4 Å². The highest BCUT2D eigenvalue weighted by atomic mass is 19.1. The molecule has 0 amide bonds. The summed E-state index contributed by atoms with van der Waals surface area (Å²) in [4.78, 5) is 26.2. The molecule has 0 saturated carbocycles. The Morgan fingerprint density at radius 2 is 1.79 bits per heavy atom. The molecule has 0 aromatic heterocycles. The van der Waals surface area contributed by atoms with Gasteiger partial charge in [-0.3, -0.25) is 9.69 Å². The van der Waals surface area contributed by atoms with Gasteiger partial charge in [-0.1, -0.05) is 0 Å². The Balaban J connectivity index is 2.30. The van der Waals surface area contributed by atoms with Crippen LogP contribution in [0.4, 0.5) is 8.78 Å². The van der Waals surface area contributed by atoms with Gasteiger partial charge in [0.1, 0.15) is 11.6 Å². The third-order valence-electron chi connectivity index (χ3n) is 4.30. The minimum absolute atomic E-state index is 0.130. The Kier molecular flexibility index (Phi) is 5.38. The number of hydrogen-bond acceptors (Lipinski definition) is 4. The van der Waals surface area contributed by atoms with E-state index in [1.807, 2.05) is 25.7 Å². The number of ether oxygens (including phenoxy) is 1. The molecular formula is C18H23F2NO3. The average Bonchev–Trinajstić information content (AvgIpc) is 2.91. The van der Waals surface area contributed by atoms with E-state index in [1.54, 1.807) is 6.92 Å². The molecule has 1 aliphatic rings. The topological polar surface area (TPSA) is 46.6 Å². The van der Waals surface area contributed by atoms with Gasteiger partial charge in [0, 0.05) is 18.2 Å². The van der Waals surface area contributed by atoms with E-state index in [-0.39, 0.29) is 18.1 Å². The van der Waals surface area contributed by atoms with Crippen molar-refractivity contribution in [3.8, 4) is 0 Å². The average molecular weight is 339 g/mol. The summed E-state index contributed by atoms with van der Waals surface area (Å²) in [6.07, 6.45) is 0.331. The third-order valence-corrected chi connectivity index (χ3v) is 4.30. The zero-order valence-electron chi connectivity index (χ0n) is 14.4. The van der Waals surface area contributed by atoms with Crippen molar-refractivity contribution < 1.29 is 23.1 Å². The van der Waals surface area contributed by atoms with Crippen molar-refractivity contribution in [2.24, 2.45) is 0 Å². The van der Waals surface area contributed by atoms with Gasteiger partial charge in [-0.15, -0.1) is 0 Å². The molecule has 1 saturated heterocycles. The SMILES string of the molecule is CCOC(=O)C(=O)C1C[C@@H](c2cc(F)cc(F)c2)CN1C(C)(C)C. The zero-order chi connectivity index (χ0) is 18.1. The largest absolute Gasteiger partial charge is 0.460 e. The highest BCUT2D eigenvalue weighted by Crippen LogP contribution is 2.37. The van der Waals surface area contributed by atoms with Crippen LogP contribution in [0.2, 0.25) is 0 Å². The number of Topliss-reactive ketones (excluding diaryl/α,β-unsaturated/α-hetero) is 1. The van der Waals surface area contributed by atoms with Crippen LogP contribution < -0.4 is 0 Å². The molecule has 0 bridgehead atoms. The third kappa shape index (κ3) is 3.98. The van der Waals surface area contributed by atoms with Crippen LogP contribution in [0.15, 0.2) is 18.2 Å². The molecule has 1 heterocycles. The summed E-state index contributed by atoms with van der Waals surface area (Å²) in [6.45, 7) is 8.03. The Hall–Kier alpha value is -1.82. The maximum Gasteiger partial charge on any atom is 0.376 e. The number of likely N-dealkylation sites (tertiary alicyclic amines) is 1. The zero-order valence-corrected chi connectivity index (χ0v) is 14.4. The van der Waals surface area contributed by atoms with Crippen molar-refractivity contribution in [3.63, 3.8) is 0 Å². The molecule has 0 spiro atoms. The molecule has 2 rings (SSSR count). The second-order valence-electron chi connectivity index (χ2n) is 7.06. The molecule has 132 valence electrons. The van der Waals surface area contributed by atoms with Gasteiger partial charge in [-0.2, -0.15) is 0 Å². The summed E-state index contributed by atoms with van der Waals surface area (Å²) in [7, 11) is 0. The quantitative estimate of drug-likeness (QED) is 0.625. The van der Waals surface area contributed by atoms with Gasteiger partial charge >= 0.3 is 5.97 Å². The van der Waals surface area contributed by atoms with Crippen molar-refractivity contribution in [1.29, 1.82) is 0 Å². The monoisotopic (exact) mass is 339 g/mol. The number of esters is 1. The molecular weight excluding hydrogens is 316 g/mol. The van der Waals surface area contributed by atoms with Crippen LogP contribution in [0.25, 0.3) is 0 Å². The number of ketones is 1. The molecule has 0 radical (unpaired) electrons. The first-order chi connectivity index (χ1) is 11.1. The van der Waals surface area contributed by atoms with E-state index in [4.69, 9.17) is 4.74 Å². The molecule has 1 unspecified atom stereocenters. The number of nitrogens with zero attached hydrogens (tertiary/aromatic N) is 1. The van der Waals surface area contributed by atoms with Crippen molar-refractivity contribution >= 4 is 11.8 Å². The van der Waals surface area contributed by atoms with Crippen LogP contribution in [0.1, 0.15) is 45.6 Å². The Morgan fingerprint density at radius 3 is 2.29 bits per heavy atom. The second kappa shape index (κ2) is 6.97. The minimum atomic E-state index is -0.858. The van der Waals surface area contributed by atoms with Crippen LogP contribution in [0.5, 0.6) is 0 Å². The molecule has 1 aromatic rings. The number of rotatable bonds is 4. The van der Waals surface area contributed by atoms with Crippen molar-refractivity contribution in [2.75, 3.05) is 13.2 Å². The maximum absolute atomic E-state index is 13.5. The van der Waals surface area contributed by atoms with E-state index in [0.717, 1.165) is 6.07 Å². The molecule has 24 heavy (non-hydrogen) atoms. The summed E-state index contributed by atoms with van der Waals surface area (Å²) >= 11 is 0. The normalized spacial score (nSPS) is 21.8. The van der Waals surface area contributed by atoms with Gasteiger partial charge < -0.3 is 4.74 Å². The van der Waals surface area contributed by atoms with E-state index < -0.39 is 29.4 Å². The number of benzene rings is 1. The molecule has 4 nitrogen and oxygen atoms in total. The van der Waals surface area contributed by atoms with Gasteiger partial charge in [-0.25, -0.2) is 13.6 Å². The molecule has 2 atom stereocenters. The summed E-state index contributed by atoms with van der Waals surface area (Å²) in [5.74, 6) is -2.98. The Bertz CT molecular complexity index is 619. The molecule has 0 aliphatic carbocycles. The number of carbonyl (C=O) groups excluding carboxylic acids is 2. The predicted octanol–water partition coefficient (Wildman–Crippen LogP) is 3.05. The summed E-state index contributed by atoms with van der Waals surface area (Å²) in [6, 6.07) is 2.74. The number of carbonyl (C=O) groups is 2. The van der Waals surface area contributed by atoms with Crippen molar-refractivity contribution in [3.05, 3.63) is 35.4 Å². The summed E-state index contributed by atoms with van der Waals surface area (Å²) in [5.41, 5.74) is 0.133. The lowest BCUT2D eigenvalue weighted by Gasteiger charge is -2.35. The standard InChI is InChI=1S/C18H23F2NO3/c1-5-24-17(23)16(22)15-8-12(10-21(15)18(2,3)4)11-6-13(19)9-14(20)7-11/h6-7,9,12,15H,5,8,10H2,1-4H3/t12-,15?/m1/s1. The lowest BCUT2D eigenvalue weighted by Crippen LogP contribution is -2.49. The fourth-order valence-electron chi connectivity index (χ4n) is 3.22. The van der Waals surface area contributed by atoms with Crippen LogP contribution >= 0.6 is 0 Å². The first-order valence-electron chi connectivity index (χ1n) is 8.07. The van der Waals surface area contributed by atoms with E-state index in [0.29, 0.717) is 18.5 Å². The molecule has 1 aromatic carbocycles. The van der Waals surface area contributed by atoms with Crippen molar-refractivity contribution in [2.45, 2.75) is 51.6 Å². The van der Waals surface area contributed by atoms with Crippen molar-refractivity contribution in [1.82, 2.24) is 4.90 Å². The fourth-order valence-corrected chi connectivity index (χ4v) is 3.22. The van der Waals surface area contributed by atoms with Gasteiger partial charge in [0.05, 0.1) is 12.6 Å². The lowest BCUT2D eigenvalue weighted by atomic mass is 9.95. The smallest absolute Gasteiger partial charge is 0.376 e. The van der Waals surface area contributed by atoms with Gasteiger partial charge in [-0.05, 0) is 57.7 Å². The van der Waals surface area contributed by atoms with Crippen LogP contribution in [0, 0.1) is 11.6 Å². The fraction of sp³-hybridized carbons (Fsp3) is 0.556. The Morgan fingerprint density at radius 1 is 1.21 bits per heavy atom. The van der Waals surface area contributed by atoms with Gasteiger partial charge in [0.2, 0.25) is 0 Å². The first kappa shape index (κ1) is 18.5. The van der Waals surface area contributed by atoms with Crippen LogP contribution in [-0.2, 0) is 14.3 Å². The summed E-state index contributed by atoms with van der Waals surface area (Å²) in [5, 5.41) is 0. The number of halogens is 2.